The van der Waals surface area contributed by atoms with Gasteiger partial charge in [-0.05, 0) is 39.1 Å². The first kappa shape index (κ1) is 18.0. The molecule has 2 N–H and O–H groups in total. The number of methoxy groups -OCH3 is 1. The molecule has 0 aromatic heterocycles. The van der Waals surface area contributed by atoms with E-state index in [0.717, 1.165) is 31.7 Å². The lowest BCUT2D eigenvalue weighted by Crippen LogP contribution is -2.52. The Kier molecular flexibility index (Phi) is 9.03. The Bertz CT molecular complexity index is 243. The van der Waals surface area contributed by atoms with Crippen LogP contribution in [0, 0.1) is 5.41 Å². The van der Waals surface area contributed by atoms with Gasteiger partial charge < -0.3 is 15.4 Å². The molecule has 0 aromatic rings. The van der Waals surface area contributed by atoms with E-state index in [9.17, 15) is 4.79 Å². The van der Waals surface area contributed by atoms with Crippen molar-refractivity contribution in [3.63, 3.8) is 0 Å². The van der Waals surface area contributed by atoms with Crippen LogP contribution >= 0.6 is 24.2 Å². The molecular weight excluding hydrogens is 272 g/mol. The molecule has 0 aromatic carbocycles. The lowest BCUT2D eigenvalue weighted by Gasteiger charge is -2.36. The van der Waals surface area contributed by atoms with Crippen LogP contribution in [0.2, 0.25) is 0 Å². The topological polar surface area (TPSA) is 50.4 Å². The number of amides is 1. The number of hydrogen-bond acceptors (Lipinski definition) is 4. The molecule has 1 fully saturated rings. The normalized spacial score (nSPS) is 19.7. The zero-order valence-electron chi connectivity index (χ0n) is 11.5. The highest BCUT2D eigenvalue weighted by molar-refractivity contribution is 7.98. The van der Waals surface area contributed by atoms with Crippen molar-refractivity contribution in [3.05, 3.63) is 0 Å². The van der Waals surface area contributed by atoms with Crippen molar-refractivity contribution in [2.75, 3.05) is 38.8 Å². The second-order valence-electron chi connectivity index (χ2n) is 4.79. The molecule has 0 spiro atoms. The van der Waals surface area contributed by atoms with Gasteiger partial charge in [0.2, 0.25) is 5.91 Å². The van der Waals surface area contributed by atoms with Gasteiger partial charge in [-0.3, -0.25) is 4.79 Å². The van der Waals surface area contributed by atoms with Crippen LogP contribution in [0.25, 0.3) is 0 Å². The van der Waals surface area contributed by atoms with Gasteiger partial charge >= 0.3 is 0 Å². The number of halogens is 1. The van der Waals surface area contributed by atoms with Gasteiger partial charge in [0.05, 0.1) is 12.0 Å². The summed E-state index contributed by atoms with van der Waals surface area (Å²) in [6, 6.07) is 0.223. The van der Waals surface area contributed by atoms with Crippen molar-refractivity contribution in [2.45, 2.75) is 25.8 Å². The summed E-state index contributed by atoms with van der Waals surface area (Å²) in [5, 5.41) is 6.40. The largest absolute Gasteiger partial charge is 0.384 e. The predicted octanol–water partition coefficient (Wildman–Crippen LogP) is 1.29. The van der Waals surface area contributed by atoms with Gasteiger partial charge in [0.25, 0.3) is 0 Å². The molecule has 1 aliphatic heterocycles. The first-order valence-corrected chi connectivity index (χ1v) is 7.53. The number of thioether (sulfide) groups is 1. The minimum Gasteiger partial charge on any atom is -0.384 e. The number of hydrogen-bond donors (Lipinski definition) is 2. The lowest BCUT2D eigenvalue weighted by molar-refractivity contribution is -0.136. The monoisotopic (exact) mass is 296 g/mol. The summed E-state index contributed by atoms with van der Waals surface area (Å²) in [4.78, 5) is 12.4. The summed E-state index contributed by atoms with van der Waals surface area (Å²) in [6.07, 6.45) is 3.77. The molecule has 1 heterocycles. The van der Waals surface area contributed by atoms with E-state index in [1.807, 2.05) is 0 Å². The minimum atomic E-state index is -0.327. The Morgan fingerprint density at radius 3 is 2.61 bits per heavy atom. The third kappa shape index (κ3) is 4.96. The summed E-state index contributed by atoms with van der Waals surface area (Å²) in [5.41, 5.74) is -0.327. The van der Waals surface area contributed by atoms with E-state index in [1.54, 1.807) is 18.9 Å². The fourth-order valence-electron chi connectivity index (χ4n) is 2.29. The van der Waals surface area contributed by atoms with E-state index in [4.69, 9.17) is 4.74 Å². The van der Waals surface area contributed by atoms with Crippen molar-refractivity contribution >= 4 is 30.1 Å². The molecule has 4 nitrogen and oxygen atoms in total. The van der Waals surface area contributed by atoms with Crippen LogP contribution in [0.15, 0.2) is 0 Å². The first-order valence-electron chi connectivity index (χ1n) is 6.14. The standard InChI is InChI=1S/C12H24N2O2S.ClH/c1-10(8-17-3)14-11(15)12(9-16-2)4-6-13-7-5-12;/h10,13H,4-9H2,1-3H3,(H,14,15);1H. The Morgan fingerprint density at radius 2 is 2.11 bits per heavy atom. The van der Waals surface area contributed by atoms with Gasteiger partial charge in [0, 0.05) is 18.9 Å². The molecule has 1 unspecified atom stereocenters. The molecule has 6 heteroatoms. The van der Waals surface area contributed by atoms with Crippen molar-refractivity contribution in [2.24, 2.45) is 5.41 Å². The molecule has 0 saturated carbocycles. The number of rotatable bonds is 6. The van der Waals surface area contributed by atoms with Gasteiger partial charge in [-0.25, -0.2) is 0 Å². The Labute approximate surface area is 120 Å². The number of ether oxygens (including phenoxy) is 1. The van der Waals surface area contributed by atoms with Crippen molar-refractivity contribution in [1.82, 2.24) is 10.6 Å². The van der Waals surface area contributed by atoms with E-state index >= 15 is 0 Å². The van der Waals surface area contributed by atoms with Crippen LogP contribution in [0.4, 0.5) is 0 Å². The van der Waals surface area contributed by atoms with Crippen molar-refractivity contribution < 1.29 is 9.53 Å². The van der Waals surface area contributed by atoms with Gasteiger partial charge in [-0.15, -0.1) is 12.4 Å². The second kappa shape index (κ2) is 9.02. The van der Waals surface area contributed by atoms with E-state index in [2.05, 4.69) is 23.8 Å². The molecular formula is C12H25ClN2O2S. The van der Waals surface area contributed by atoms with Gasteiger partial charge in [0.1, 0.15) is 0 Å². The smallest absolute Gasteiger partial charge is 0.228 e. The summed E-state index contributed by atoms with van der Waals surface area (Å²) in [5.74, 6) is 1.11. The van der Waals surface area contributed by atoms with E-state index in [0.29, 0.717) is 6.61 Å². The van der Waals surface area contributed by atoms with E-state index in [-0.39, 0.29) is 29.8 Å². The Balaban J connectivity index is 0.00000289. The van der Waals surface area contributed by atoms with Gasteiger partial charge in [0.15, 0.2) is 0 Å². The zero-order valence-corrected chi connectivity index (χ0v) is 13.1. The van der Waals surface area contributed by atoms with E-state index < -0.39 is 0 Å². The van der Waals surface area contributed by atoms with Gasteiger partial charge in [-0.1, -0.05) is 0 Å². The van der Waals surface area contributed by atoms with Crippen LogP contribution in [0.3, 0.4) is 0 Å². The third-order valence-corrected chi connectivity index (χ3v) is 4.09. The highest BCUT2D eigenvalue weighted by Crippen LogP contribution is 2.29. The second-order valence-corrected chi connectivity index (χ2v) is 5.70. The predicted molar refractivity (Wildman–Crippen MR) is 79.6 cm³/mol. The molecule has 1 atom stereocenters. The summed E-state index contributed by atoms with van der Waals surface area (Å²) in [7, 11) is 1.67. The molecule has 18 heavy (non-hydrogen) atoms. The summed E-state index contributed by atoms with van der Waals surface area (Å²) in [6.45, 7) is 4.36. The fourth-order valence-corrected chi connectivity index (χ4v) is 2.87. The quantitative estimate of drug-likeness (QED) is 0.776. The van der Waals surface area contributed by atoms with Gasteiger partial charge in [-0.2, -0.15) is 11.8 Å². The highest BCUT2D eigenvalue weighted by Gasteiger charge is 2.39. The number of carbonyl (C=O) groups is 1. The number of carbonyl (C=O) groups excluding carboxylic acids is 1. The maximum atomic E-state index is 12.4. The van der Waals surface area contributed by atoms with Crippen LogP contribution in [-0.2, 0) is 9.53 Å². The molecule has 1 amide bonds. The summed E-state index contributed by atoms with van der Waals surface area (Å²) < 4.78 is 5.25. The first-order chi connectivity index (χ1) is 8.14. The molecule has 1 rings (SSSR count). The van der Waals surface area contributed by atoms with Crippen molar-refractivity contribution in [1.29, 1.82) is 0 Å². The van der Waals surface area contributed by atoms with Crippen LogP contribution in [-0.4, -0.2) is 50.8 Å². The number of piperidine rings is 1. The van der Waals surface area contributed by atoms with Crippen LogP contribution in [0.5, 0.6) is 0 Å². The van der Waals surface area contributed by atoms with E-state index in [1.165, 1.54) is 0 Å². The average Bonchev–Trinajstić information content (AvgIpc) is 2.30. The maximum Gasteiger partial charge on any atom is 0.228 e. The molecule has 108 valence electrons. The van der Waals surface area contributed by atoms with Crippen LogP contribution < -0.4 is 10.6 Å². The summed E-state index contributed by atoms with van der Waals surface area (Å²) >= 11 is 1.75. The fraction of sp³-hybridized carbons (Fsp3) is 0.917. The zero-order chi connectivity index (χ0) is 12.7. The maximum absolute atomic E-state index is 12.4. The minimum absolute atomic E-state index is 0. The molecule has 1 saturated heterocycles. The SMILES string of the molecule is COCC1(C(=O)NC(C)CSC)CCNCC1.Cl. The number of nitrogens with one attached hydrogen (secondary N) is 2. The molecule has 0 radical (unpaired) electrons. The van der Waals surface area contributed by atoms with Crippen LogP contribution in [0.1, 0.15) is 19.8 Å². The average molecular weight is 297 g/mol. The highest BCUT2D eigenvalue weighted by atomic mass is 35.5. The third-order valence-electron chi connectivity index (χ3n) is 3.26. The molecule has 0 bridgehead atoms. The van der Waals surface area contributed by atoms with Crippen molar-refractivity contribution in [3.8, 4) is 0 Å². The molecule has 1 aliphatic rings. The Hall–Kier alpha value is 0.0300. The lowest BCUT2D eigenvalue weighted by atomic mass is 9.78. The Morgan fingerprint density at radius 1 is 1.50 bits per heavy atom. The molecule has 0 aliphatic carbocycles.